The minimum absolute atomic E-state index is 0.00464. The van der Waals surface area contributed by atoms with Crippen molar-refractivity contribution < 1.29 is 32.6 Å². The molecule has 1 heterocycles. The van der Waals surface area contributed by atoms with Gasteiger partial charge in [0.1, 0.15) is 23.6 Å². The fourth-order valence-corrected chi connectivity index (χ4v) is 7.32. The minimum atomic E-state index is -4.03. The van der Waals surface area contributed by atoms with E-state index in [1.807, 2.05) is 60.7 Å². The number of aliphatic carboxylic acids is 1. The van der Waals surface area contributed by atoms with Gasteiger partial charge in [-0.25, -0.2) is 13.2 Å². The number of carbonyl (C=O) groups is 2. The van der Waals surface area contributed by atoms with Crippen molar-refractivity contribution in [2.24, 2.45) is 0 Å². The molecule has 4 aromatic carbocycles. The molecule has 0 spiro atoms. The number of rotatable bonds is 11. The van der Waals surface area contributed by atoms with Crippen LogP contribution in [0.5, 0.6) is 11.5 Å². The number of nitrogens with zero attached hydrogens (tertiary/aromatic N) is 1. The Morgan fingerprint density at radius 3 is 2.02 bits per heavy atom. The van der Waals surface area contributed by atoms with Crippen LogP contribution in [0.4, 0.5) is 0 Å². The first kappa shape index (κ1) is 30.8. The number of hydrogen-bond donors (Lipinski definition) is 2. The topological polar surface area (TPSA) is 122 Å². The Morgan fingerprint density at radius 1 is 0.864 bits per heavy atom. The molecule has 5 rings (SSSR count). The van der Waals surface area contributed by atoms with E-state index >= 15 is 0 Å². The molecule has 3 atom stereocenters. The molecule has 1 amide bonds. The molecule has 0 aliphatic carbocycles. The van der Waals surface area contributed by atoms with Crippen LogP contribution < -0.4 is 14.8 Å². The Labute approximate surface area is 257 Å². The summed E-state index contributed by atoms with van der Waals surface area (Å²) in [6, 6.07) is 27.8. The first-order valence-corrected chi connectivity index (χ1v) is 15.6. The lowest BCUT2D eigenvalue weighted by Crippen LogP contribution is -2.51. The summed E-state index contributed by atoms with van der Waals surface area (Å²) in [6.45, 7) is 0.102. The van der Waals surface area contributed by atoms with Crippen molar-refractivity contribution in [3.63, 3.8) is 0 Å². The third-order valence-corrected chi connectivity index (χ3v) is 9.79. The van der Waals surface area contributed by atoms with Crippen LogP contribution in [0.2, 0.25) is 0 Å². The molecule has 4 aromatic rings. The van der Waals surface area contributed by atoms with E-state index in [9.17, 15) is 23.1 Å². The third-order valence-electron chi connectivity index (χ3n) is 7.90. The van der Waals surface area contributed by atoms with Crippen molar-refractivity contribution in [1.82, 2.24) is 9.62 Å². The second kappa shape index (κ2) is 13.3. The quantitative estimate of drug-likeness (QED) is 0.251. The highest BCUT2D eigenvalue weighted by Crippen LogP contribution is 2.38. The second-order valence-electron chi connectivity index (χ2n) is 10.6. The maximum Gasteiger partial charge on any atom is 0.326 e. The van der Waals surface area contributed by atoms with E-state index in [0.29, 0.717) is 17.1 Å². The van der Waals surface area contributed by atoms with E-state index in [4.69, 9.17) is 9.47 Å². The number of benzene rings is 4. The van der Waals surface area contributed by atoms with Crippen LogP contribution in [0.15, 0.2) is 108 Å². The maximum atomic E-state index is 13.7. The Kier molecular flexibility index (Phi) is 9.32. The Bertz CT molecular complexity index is 1690. The summed E-state index contributed by atoms with van der Waals surface area (Å²) in [5.74, 6) is -0.829. The summed E-state index contributed by atoms with van der Waals surface area (Å²) in [5.41, 5.74) is 3.18. The van der Waals surface area contributed by atoms with Crippen LogP contribution in [0, 0.1) is 0 Å². The first-order valence-electron chi connectivity index (χ1n) is 14.2. The van der Waals surface area contributed by atoms with Crippen molar-refractivity contribution >= 4 is 21.9 Å². The average Bonchev–Trinajstić information content (AvgIpc) is 3.52. The van der Waals surface area contributed by atoms with Gasteiger partial charge in [-0.15, -0.1) is 0 Å². The van der Waals surface area contributed by atoms with E-state index in [-0.39, 0.29) is 30.2 Å². The Balaban J connectivity index is 1.37. The molecule has 0 saturated carbocycles. The van der Waals surface area contributed by atoms with Gasteiger partial charge >= 0.3 is 5.97 Å². The van der Waals surface area contributed by atoms with Crippen molar-refractivity contribution in [1.29, 1.82) is 0 Å². The van der Waals surface area contributed by atoms with Gasteiger partial charge in [0.25, 0.3) is 0 Å². The van der Waals surface area contributed by atoms with E-state index in [0.717, 1.165) is 16.7 Å². The molecule has 228 valence electrons. The summed E-state index contributed by atoms with van der Waals surface area (Å²) in [7, 11) is -0.877. The number of methoxy groups -OCH3 is 2. The molecular formula is C34H34N2O7S. The molecule has 1 aliphatic heterocycles. The molecule has 0 bridgehead atoms. The molecule has 1 fully saturated rings. The minimum Gasteiger partial charge on any atom is -0.496 e. The molecular weight excluding hydrogens is 580 g/mol. The number of nitrogens with one attached hydrogen (secondary N) is 1. The van der Waals surface area contributed by atoms with Crippen LogP contribution >= 0.6 is 0 Å². The van der Waals surface area contributed by atoms with Crippen molar-refractivity contribution in [3.8, 4) is 22.6 Å². The maximum absolute atomic E-state index is 13.7. The lowest BCUT2D eigenvalue weighted by Gasteiger charge is -2.25. The van der Waals surface area contributed by atoms with E-state index < -0.39 is 34.0 Å². The lowest BCUT2D eigenvalue weighted by atomic mass is 9.96. The molecule has 1 unspecified atom stereocenters. The highest BCUT2D eigenvalue weighted by Gasteiger charge is 2.45. The third kappa shape index (κ3) is 6.46. The molecule has 44 heavy (non-hydrogen) atoms. The standard InChI is InChI=1S/C34H34N2O7S/c1-42-30-14-9-15-31(43-2)32(30)25-18-16-23(17-19-25)20-28(34(38)39)35-33(37)29-21-26(24-10-5-3-6-11-24)22-36(29)44(40,41)27-12-7-4-8-13-27/h3-19,26,28-29H,20-22H2,1-2H3,(H,35,37)(H,38,39)/t26?,28-,29-/m0/s1. The normalized spacial score (nSPS) is 17.5. The first-order chi connectivity index (χ1) is 21.2. The summed E-state index contributed by atoms with van der Waals surface area (Å²) in [6.07, 6.45) is 0.231. The number of hydrogen-bond acceptors (Lipinski definition) is 6. The molecule has 1 saturated heterocycles. The van der Waals surface area contributed by atoms with Crippen LogP contribution in [-0.2, 0) is 26.0 Å². The summed E-state index contributed by atoms with van der Waals surface area (Å²) < 4.78 is 39.6. The number of ether oxygens (including phenoxy) is 2. The summed E-state index contributed by atoms with van der Waals surface area (Å²) >= 11 is 0. The SMILES string of the molecule is COc1cccc(OC)c1-c1ccc(C[C@H](NC(=O)[C@@H]2CC(c3ccccc3)CN2S(=O)(=O)c2ccccc2)C(=O)O)cc1. The summed E-state index contributed by atoms with van der Waals surface area (Å²) in [5, 5.41) is 12.7. The predicted octanol–water partition coefficient (Wildman–Crippen LogP) is 4.73. The lowest BCUT2D eigenvalue weighted by molar-refractivity contribution is -0.142. The number of carboxylic acids is 1. The van der Waals surface area contributed by atoms with E-state index in [1.54, 1.807) is 44.6 Å². The van der Waals surface area contributed by atoms with Gasteiger partial charge in [-0.05, 0) is 53.3 Å². The summed E-state index contributed by atoms with van der Waals surface area (Å²) in [4.78, 5) is 26.1. The predicted molar refractivity (Wildman–Crippen MR) is 166 cm³/mol. The van der Waals surface area contributed by atoms with Crippen LogP contribution in [-0.4, -0.2) is 62.6 Å². The molecule has 0 aromatic heterocycles. The van der Waals surface area contributed by atoms with Gasteiger partial charge in [0.15, 0.2) is 0 Å². The monoisotopic (exact) mass is 614 g/mol. The fraction of sp³-hybridized carbons (Fsp3) is 0.235. The van der Waals surface area contributed by atoms with E-state index in [1.165, 1.54) is 16.4 Å². The van der Waals surface area contributed by atoms with Crippen LogP contribution in [0.3, 0.4) is 0 Å². The fourth-order valence-electron chi connectivity index (χ4n) is 5.65. The average molecular weight is 615 g/mol. The van der Waals surface area contributed by atoms with Gasteiger partial charge in [-0.2, -0.15) is 4.31 Å². The number of sulfonamides is 1. The molecule has 9 nitrogen and oxygen atoms in total. The van der Waals surface area contributed by atoms with Crippen LogP contribution in [0.25, 0.3) is 11.1 Å². The van der Waals surface area contributed by atoms with Gasteiger partial charge in [0.2, 0.25) is 15.9 Å². The van der Waals surface area contributed by atoms with Gasteiger partial charge in [-0.1, -0.05) is 78.9 Å². The van der Waals surface area contributed by atoms with Crippen molar-refractivity contribution in [3.05, 3.63) is 114 Å². The smallest absolute Gasteiger partial charge is 0.326 e. The number of carboxylic acid groups (broad SMARTS) is 1. The molecule has 1 aliphatic rings. The second-order valence-corrected chi connectivity index (χ2v) is 12.5. The van der Waals surface area contributed by atoms with Gasteiger partial charge in [0.05, 0.1) is 24.7 Å². The molecule has 0 radical (unpaired) electrons. The molecule has 10 heteroatoms. The van der Waals surface area contributed by atoms with Gasteiger partial charge in [-0.3, -0.25) is 4.79 Å². The highest BCUT2D eigenvalue weighted by atomic mass is 32.2. The van der Waals surface area contributed by atoms with E-state index in [2.05, 4.69) is 5.32 Å². The van der Waals surface area contributed by atoms with Gasteiger partial charge in [0, 0.05) is 13.0 Å². The Hall–Kier alpha value is -4.67. The zero-order valence-corrected chi connectivity index (χ0v) is 25.2. The highest BCUT2D eigenvalue weighted by molar-refractivity contribution is 7.89. The van der Waals surface area contributed by atoms with Crippen molar-refractivity contribution in [2.45, 2.75) is 35.7 Å². The number of amides is 1. The molecule has 2 N–H and O–H groups in total. The van der Waals surface area contributed by atoms with Crippen molar-refractivity contribution in [2.75, 3.05) is 20.8 Å². The zero-order chi connectivity index (χ0) is 31.3. The number of carbonyl (C=O) groups excluding carboxylic acids is 1. The van der Waals surface area contributed by atoms with Crippen LogP contribution in [0.1, 0.15) is 23.5 Å². The van der Waals surface area contributed by atoms with Gasteiger partial charge < -0.3 is 19.9 Å². The largest absolute Gasteiger partial charge is 0.496 e. The Morgan fingerprint density at radius 2 is 1.45 bits per heavy atom. The zero-order valence-electron chi connectivity index (χ0n) is 24.4.